The molecule has 0 unspecified atom stereocenters. The zero-order valence-electron chi connectivity index (χ0n) is 19.8. The predicted molar refractivity (Wildman–Crippen MR) is 143 cm³/mol. The maximum Gasteiger partial charge on any atom is 0.407 e. The van der Waals surface area contributed by atoms with Gasteiger partial charge in [0.05, 0.1) is 18.9 Å². The first-order chi connectivity index (χ1) is 16.6. The Morgan fingerprint density at radius 3 is 2.58 bits per heavy atom. The van der Waals surface area contributed by atoms with Crippen LogP contribution in [0.15, 0.2) is 23.8 Å². The largest absolute Gasteiger partial charge is 0.453 e. The summed E-state index contributed by atoms with van der Waals surface area (Å²) in [5.41, 5.74) is 1.16. The van der Waals surface area contributed by atoms with Gasteiger partial charge in [0.2, 0.25) is 0 Å². The van der Waals surface area contributed by atoms with Crippen LogP contribution in [0.5, 0.6) is 0 Å². The van der Waals surface area contributed by atoms with E-state index in [1.54, 1.807) is 33.0 Å². The first-order valence-corrected chi connectivity index (χ1v) is 12.4. The van der Waals surface area contributed by atoms with E-state index in [-0.39, 0.29) is 36.8 Å². The Morgan fingerprint density at radius 1 is 1.11 bits per heavy atom. The molecule has 196 valence electrons. The molecule has 2 amide bonds. The topological polar surface area (TPSA) is 126 Å². The molecule has 2 aliphatic heterocycles. The number of nitrogens with zero attached hydrogens (tertiary/aromatic N) is 5. The van der Waals surface area contributed by atoms with Crippen LogP contribution in [0, 0.1) is 0 Å². The summed E-state index contributed by atoms with van der Waals surface area (Å²) >= 11 is 1.56. The van der Waals surface area contributed by atoms with Crippen molar-refractivity contribution in [1.29, 1.82) is 0 Å². The van der Waals surface area contributed by atoms with Gasteiger partial charge in [0.25, 0.3) is 5.91 Å². The van der Waals surface area contributed by atoms with Gasteiger partial charge < -0.3 is 25.6 Å². The molecule has 3 aromatic rings. The Kier molecular flexibility index (Phi) is 9.71. The number of alkyl carbamates (subject to hydrolysis) is 1. The van der Waals surface area contributed by atoms with Crippen LogP contribution < -0.4 is 16.0 Å². The number of halogens is 2. The SMILES string of the molecule is COC(=O)NC1CCN(C(=O)c2cc(NC3CCNCC3)nc(-c3cnn4ccsc34)n2)CC1.Cl.Cl. The number of aromatic nitrogens is 4. The summed E-state index contributed by atoms with van der Waals surface area (Å²) in [6, 6.07) is 2.04. The first kappa shape index (κ1) is 27.9. The second-order valence-corrected chi connectivity index (χ2v) is 9.44. The lowest BCUT2D eigenvalue weighted by Gasteiger charge is -2.32. The van der Waals surface area contributed by atoms with Gasteiger partial charge in [-0.15, -0.1) is 36.2 Å². The van der Waals surface area contributed by atoms with Crippen LogP contribution in [-0.2, 0) is 4.74 Å². The lowest BCUT2D eigenvalue weighted by atomic mass is 10.0. The van der Waals surface area contributed by atoms with Gasteiger partial charge >= 0.3 is 6.09 Å². The summed E-state index contributed by atoms with van der Waals surface area (Å²) in [6.45, 7) is 2.98. The standard InChI is InChI=1S/C22H28N8O3S.2ClH/c1-33-22(32)26-15-4-8-29(9-5-15)20(31)17-12-18(25-14-2-6-23-7-3-14)28-19(27-17)16-13-24-30-10-11-34-21(16)30;;/h10-15,23H,2-9H2,1H3,(H,26,32)(H,25,27,28);2*1H. The number of likely N-dealkylation sites (tertiary alicyclic amines) is 1. The third kappa shape index (κ3) is 6.17. The van der Waals surface area contributed by atoms with Crippen molar-refractivity contribution in [2.45, 2.75) is 37.8 Å². The number of amides is 2. The summed E-state index contributed by atoms with van der Waals surface area (Å²) in [7, 11) is 1.35. The number of anilines is 1. The van der Waals surface area contributed by atoms with Crippen molar-refractivity contribution in [3.63, 3.8) is 0 Å². The number of piperidine rings is 2. The van der Waals surface area contributed by atoms with Crippen molar-refractivity contribution in [1.82, 2.24) is 35.1 Å². The molecular formula is C22H30Cl2N8O3S. The molecule has 0 saturated carbocycles. The fourth-order valence-electron chi connectivity index (χ4n) is 4.42. The minimum atomic E-state index is -0.445. The molecule has 0 atom stereocenters. The predicted octanol–water partition coefficient (Wildman–Crippen LogP) is 2.82. The molecule has 3 N–H and O–H groups in total. The van der Waals surface area contributed by atoms with Crippen LogP contribution in [0.2, 0.25) is 0 Å². The average Bonchev–Trinajstić information content (AvgIpc) is 3.49. The van der Waals surface area contributed by atoms with Gasteiger partial charge in [0.1, 0.15) is 16.3 Å². The average molecular weight is 558 g/mol. The molecule has 0 aliphatic carbocycles. The second kappa shape index (κ2) is 12.5. The number of thiazole rings is 1. The van der Waals surface area contributed by atoms with Crippen LogP contribution >= 0.6 is 36.2 Å². The fraction of sp³-hybridized carbons (Fsp3) is 0.500. The normalized spacial score (nSPS) is 16.6. The van der Waals surface area contributed by atoms with E-state index in [2.05, 4.69) is 30.8 Å². The Morgan fingerprint density at radius 2 is 1.86 bits per heavy atom. The Labute approximate surface area is 225 Å². The molecule has 0 radical (unpaired) electrons. The number of methoxy groups -OCH3 is 1. The Balaban J connectivity index is 0.00000180. The van der Waals surface area contributed by atoms with Gasteiger partial charge in [-0.2, -0.15) is 5.10 Å². The highest BCUT2D eigenvalue weighted by Gasteiger charge is 2.27. The number of fused-ring (bicyclic) bond motifs is 1. The van der Waals surface area contributed by atoms with Crippen LogP contribution in [0.25, 0.3) is 16.2 Å². The maximum absolute atomic E-state index is 13.4. The number of hydrogen-bond donors (Lipinski definition) is 3. The van der Waals surface area contributed by atoms with E-state index in [1.807, 2.05) is 11.6 Å². The number of hydrogen-bond acceptors (Lipinski definition) is 9. The third-order valence-electron chi connectivity index (χ3n) is 6.30. The van der Waals surface area contributed by atoms with E-state index >= 15 is 0 Å². The van der Waals surface area contributed by atoms with Gasteiger partial charge in [-0.1, -0.05) is 0 Å². The van der Waals surface area contributed by atoms with E-state index in [0.717, 1.165) is 36.3 Å². The minimum absolute atomic E-state index is 0. The van der Waals surface area contributed by atoms with Crippen molar-refractivity contribution in [3.8, 4) is 11.4 Å². The minimum Gasteiger partial charge on any atom is -0.453 e. The molecule has 0 aromatic carbocycles. The van der Waals surface area contributed by atoms with Crippen molar-refractivity contribution in [3.05, 3.63) is 29.5 Å². The highest BCUT2D eigenvalue weighted by atomic mass is 35.5. The molecule has 5 rings (SSSR count). The molecule has 36 heavy (non-hydrogen) atoms. The van der Waals surface area contributed by atoms with Gasteiger partial charge in [-0.05, 0) is 38.8 Å². The Hall–Kier alpha value is -2.67. The summed E-state index contributed by atoms with van der Waals surface area (Å²) < 4.78 is 6.47. The molecule has 0 bridgehead atoms. The molecule has 2 fully saturated rings. The van der Waals surface area contributed by atoms with Crippen LogP contribution in [-0.4, -0.2) is 81.9 Å². The van der Waals surface area contributed by atoms with E-state index in [0.29, 0.717) is 49.3 Å². The highest BCUT2D eigenvalue weighted by molar-refractivity contribution is 7.16. The lowest BCUT2D eigenvalue weighted by Crippen LogP contribution is -2.46. The zero-order chi connectivity index (χ0) is 23.5. The lowest BCUT2D eigenvalue weighted by molar-refractivity contribution is 0.0698. The first-order valence-electron chi connectivity index (χ1n) is 11.5. The van der Waals surface area contributed by atoms with Crippen molar-refractivity contribution in [2.75, 3.05) is 38.6 Å². The number of ether oxygens (including phenoxy) is 1. The summed E-state index contributed by atoms with van der Waals surface area (Å²) in [5.74, 6) is 1.00. The quantitative estimate of drug-likeness (QED) is 0.438. The molecule has 0 spiro atoms. The number of carbonyl (C=O) groups excluding carboxylic acids is 2. The van der Waals surface area contributed by atoms with Crippen molar-refractivity contribution >= 4 is 58.8 Å². The zero-order valence-corrected chi connectivity index (χ0v) is 22.3. The molecule has 14 heteroatoms. The smallest absolute Gasteiger partial charge is 0.407 e. The van der Waals surface area contributed by atoms with Gasteiger partial charge in [-0.25, -0.2) is 19.3 Å². The van der Waals surface area contributed by atoms with Crippen molar-refractivity contribution < 1.29 is 14.3 Å². The molecular weight excluding hydrogens is 527 g/mol. The second-order valence-electron chi connectivity index (χ2n) is 8.54. The fourth-order valence-corrected chi connectivity index (χ4v) is 5.21. The third-order valence-corrected chi connectivity index (χ3v) is 7.19. The van der Waals surface area contributed by atoms with Crippen molar-refractivity contribution in [2.24, 2.45) is 0 Å². The monoisotopic (exact) mass is 556 g/mol. The van der Waals surface area contributed by atoms with Crippen LogP contribution in [0.4, 0.5) is 10.6 Å². The maximum atomic E-state index is 13.4. The molecule has 5 heterocycles. The van der Waals surface area contributed by atoms with E-state index in [9.17, 15) is 9.59 Å². The summed E-state index contributed by atoms with van der Waals surface area (Å²) in [5, 5.41) is 16.0. The van der Waals surface area contributed by atoms with Gasteiger partial charge in [0, 0.05) is 42.8 Å². The highest BCUT2D eigenvalue weighted by Crippen LogP contribution is 2.27. The molecule has 11 nitrogen and oxygen atoms in total. The number of rotatable bonds is 5. The van der Waals surface area contributed by atoms with Gasteiger partial charge in [-0.3, -0.25) is 4.79 Å². The molecule has 3 aromatic heterocycles. The molecule has 2 saturated heterocycles. The van der Waals surface area contributed by atoms with Crippen LogP contribution in [0.1, 0.15) is 36.2 Å². The summed E-state index contributed by atoms with van der Waals surface area (Å²) in [6.07, 6.45) is 6.50. The van der Waals surface area contributed by atoms with E-state index in [1.165, 1.54) is 7.11 Å². The van der Waals surface area contributed by atoms with E-state index < -0.39 is 6.09 Å². The number of carbonyl (C=O) groups is 2. The van der Waals surface area contributed by atoms with Crippen LogP contribution in [0.3, 0.4) is 0 Å². The number of nitrogens with one attached hydrogen (secondary N) is 3. The van der Waals surface area contributed by atoms with Gasteiger partial charge in [0.15, 0.2) is 5.82 Å². The Bertz CT molecular complexity index is 1180. The molecule has 2 aliphatic rings. The van der Waals surface area contributed by atoms with E-state index in [4.69, 9.17) is 4.98 Å². The summed E-state index contributed by atoms with van der Waals surface area (Å²) in [4.78, 5) is 37.1.